The lowest BCUT2D eigenvalue weighted by molar-refractivity contribution is -0.201. The first-order valence-corrected chi connectivity index (χ1v) is 20.1. The molecule has 1 saturated carbocycles. The maximum Gasteiger partial charge on any atom is 0.199 e. The van der Waals surface area contributed by atoms with E-state index in [4.69, 9.17) is 34.5 Å². The average Bonchev–Trinajstić information content (AvgIpc) is 3.30. The molecule has 0 amide bonds. The van der Waals surface area contributed by atoms with Crippen LogP contribution < -0.4 is 4.74 Å². The Hall–Kier alpha value is -1.34. The van der Waals surface area contributed by atoms with Gasteiger partial charge in [-0.3, -0.25) is 0 Å². The summed E-state index contributed by atoms with van der Waals surface area (Å²) < 4.78 is 39.1. The summed E-state index contributed by atoms with van der Waals surface area (Å²) in [4.78, 5) is -0.0798. The fraction of sp³-hybridized carbons (Fsp3) is 0.714. The molecule has 1 aromatic rings. The molecule has 0 spiro atoms. The summed E-state index contributed by atoms with van der Waals surface area (Å²) in [5, 5.41) is 0.0816. The molecule has 2 heterocycles. The van der Waals surface area contributed by atoms with Gasteiger partial charge >= 0.3 is 0 Å². The molecule has 7 atom stereocenters. The highest BCUT2D eigenvalue weighted by Crippen LogP contribution is 2.48. The van der Waals surface area contributed by atoms with Crippen molar-refractivity contribution in [1.82, 2.24) is 0 Å². The van der Waals surface area contributed by atoms with Crippen LogP contribution in [0.25, 0.3) is 0 Å². The van der Waals surface area contributed by atoms with Crippen LogP contribution in [0.1, 0.15) is 78.6 Å². The molecule has 240 valence electrons. The summed E-state index contributed by atoms with van der Waals surface area (Å²) in [5.41, 5.74) is 0. The SMILES string of the molecule is C#C[C@@H](Br)C[C@H]1[C@H](/C(=C\CCOc2ccccc2)OC2CCCCO2)[C@@H](OC2CCCCO2)C[C@H]1O[Si](C)(C)C(C)(C)C. The standard InChI is InChI=1S/C35H53BrO6Si/c1-7-26(36)24-28-30(42-43(5,6)35(2,3)4)25-31(41-33-20-12-14-22-39-33)34(28)29(40-32-19-11-13-21-38-32)18-15-23-37-27-16-9-8-10-17-27/h1,8-10,16-18,26,28,30-34H,11-15,19-25H2,2-6H3/b29-18+/t26-,28-,30-,31+,32?,33?,34-/m1/s1. The van der Waals surface area contributed by atoms with Crippen LogP contribution in [0.3, 0.4) is 0 Å². The number of ether oxygens (including phenoxy) is 5. The Kier molecular flexibility index (Phi) is 13.1. The van der Waals surface area contributed by atoms with Gasteiger partial charge in [0.2, 0.25) is 0 Å². The molecular formula is C35H53BrO6Si. The highest BCUT2D eigenvalue weighted by molar-refractivity contribution is 9.09. The second-order valence-electron chi connectivity index (χ2n) is 13.7. The maximum absolute atomic E-state index is 7.18. The molecule has 2 unspecified atom stereocenters. The zero-order chi connectivity index (χ0) is 30.9. The zero-order valence-corrected chi connectivity index (χ0v) is 29.5. The van der Waals surface area contributed by atoms with Gasteiger partial charge in [0.15, 0.2) is 20.9 Å². The smallest absolute Gasteiger partial charge is 0.199 e. The summed E-state index contributed by atoms with van der Waals surface area (Å²) in [5.74, 6) is 4.75. The number of hydrogen-bond donors (Lipinski definition) is 0. The summed E-state index contributed by atoms with van der Waals surface area (Å²) in [6.07, 6.45) is 15.9. The second-order valence-corrected chi connectivity index (χ2v) is 19.5. The molecule has 0 N–H and O–H groups in total. The van der Waals surface area contributed by atoms with Gasteiger partial charge in [0.1, 0.15) is 11.5 Å². The Morgan fingerprint density at radius 2 is 1.72 bits per heavy atom. The van der Waals surface area contributed by atoms with Crippen molar-refractivity contribution in [2.45, 2.75) is 126 Å². The summed E-state index contributed by atoms with van der Waals surface area (Å²) in [6.45, 7) is 13.5. The minimum Gasteiger partial charge on any atom is -0.493 e. The molecule has 1 aliphatic carbocycles. The molecule has 3 aliphatic rings. The number of terminal acetylenes is 1. The van der Waals surface area contributed by atoms with Gasteiger partial charge in [0, 0.05) is 25.4 Å². The van der Waals surface area contributed by atoms with Gasteiger partial charge < -0.3 is 28.1 Å². The van der Waals surface area contributed by atoms with E-state index in [1.54, 1.807) is 0 Å². The third-order valence-electron chi connectivity index (χ3n) is 9.39. The van der Waals surface area contributed by atoms with Crippen LogP contribution in [0.5, 0.6) is 5.75 Å². The van der Waals surface area contributed by atoms with E-state index in [1.807, 2.05) is 30.3 Å². The molecule has 6 nitrogen and oxygen atoms in total. The van der Waals surface area contributed by atoms with Crippen LogP contribution in [0.15, 0.2) is 42.2 Å². The molecule has 1 aromatic carbocycles. The van der Waals surface area contributed by atoms with E-state index in [0.29, 0.717) is 13.0 Å². The van der Waals surface area contributed by atoms with Crippen LogP contribution in [-0.2, 0) is 23.4 Å². The molecule has 43 heavy (non-hydrogen) atoms. The first-order chi connectivity index (χ1) is 20.6. The molecule has 0 aromatic heterocycles. The van der Waals surface area contributed by atoms with Gasteiger partial charge in [-0.2, -0.15) is 0 Å². The Morgan fingerprint density at radius 1 is 1.05 bits per heavy atom. The van der Waals surface area contributed by atoms with E-state index in [2.05, 4.69) is 61.8 Å². The topological polar surface area (TPSA) is 55.4 Å². The first-order valence-electron chi connectivity index (χ1n) is 16.3. The molecular weight excluding hydrogens is 624 g/mol. The van der Waals surface area contributed by atoms with Crippen molar-refractivity contribution in [3.8, 4) is 18.1 Å². The van der Waals surface area contributed by atoms with Crippen molar-refractivity contribution in [2.24, 2.45) is 11.8 Å². The molecule has 0 bridgehead atoms. The zero-order valence-electron chi connectivity index (χ0n) is 26.9. The van der Waals surface area contributed by atoms with Gasteiger partial charge in [0.25, 0.3) is 0 Å². The molecule has 0 radical (unpaired) electrons. The Morgan fingerprint density at radius 3 is 2.33 bits per heavy atom. The van der Waals surface area contributed by atoms with E-state index in [1.165, 1.54) is 0 Å². The second kappa shape index (κ2) is 16.3. The van der Waals surface area contributed by atoms with E-state index in [0.717, 1.165) is 76.1 Å². The predicted molar refractivity (Wildman–Crippen MR) is 178 cm³/mol. The van der Waals surface area contributed by atoms with Gasteiger partial charge in [-0.15, -0.1) is 6.42 Å². The van der Waals surface area contributed by atoms with E-state index in [9.17, 15) is 0 Å². The highest BCUT2D eigenvalue weighted by Gasteiger charge is 2.52. The number of hydrogen-bond acceptors (Lipinski definition) is 6. The van der Waals surface area contributed by atoms with E-state index < -0.39 is 8.32 Å². The molecule has 8 heteroatoms. The lowest BCUT2D eigenvalue weighted by Crippen LogP contribution is -2.45. The lowest BCUT2D eigenvalue weighted by atomic mass is 9.87. The van der Waals surface area contributed by atoms with Crippen molar-refractivity contribution < 1.29 is 28.1 Å². The lowest BCUT2D eigenvalue weighted by Gasteiger charge is -2.40. The van der Waals surface area contributed by atoms with Crippen molar-refractivity contribution in [3.05, 3.63) is 42.2 Å². The minimum atomic E-state index is -2.09. The van der Waals surface area contributed by atoms with Gasteiger partial charge in [-0.05, 0) is 87.2 Å². The normalized spacial score (nSPS) is 29.6. The number of halogens is 1. The van der Waals surface area contributed by atoms with E-state index in [-0.39, 0.29) is 46.5 Å². The Labute approximate surface area is 269 Å². The van der Waals surface area contributed by atoms with Gasteiger partial charge in [-0.1, -0.05) is 60.8 Å². The van der Waals surface area contributed by atoms with E-state index >= 15 is 0 Å². The summed E-state index contributed by atoms with van der Waals surface area (Å²) in [6, 6.07) is 9.94. The molecule has 2 saturated heterocycles. The van der Waals surface area contributed by atoms with Crippen molar-refractivity contribution in [2.75, 3.05) is 19.8 Å². The van der Waals surface area contributed by atoms with Crippen LogP contribution in [0.4, 0.5) is 0 Å². The number of rotatable bonds is 13. The maximum atomic E-state index is 7.18. The fourth-order valence-corrected chi connectivity index (χ4v) is 7.83. The monoisotopic (exact) mass is 676 g/mol. The number of para-hydroxylation sites is 1. The summed E-state index contributed by atoms with van der Waals surface area (Å²) in [7, 11) is -2.09. The Balaban J connectivity index is 1.66. The fourth-order valence-electron chi connectivity index (χ4n) is 6.01. The van der Waals surface area contributed by atoms with Crippen molar-refractivity contribution in [1.29, 1.82) is 0 Å². The molecule has 2 aliphatic heterocycles. The largest absolute Gasteiger partial charge is 0.493 e. The Bertz CT molecular complexity index is 1040. The average molecular weight is 678 g/mol. The predicted octanol–water partition coefficient (Wildman–Crippen LogP) is 8.61. The van der Waals surface area contributed by atoms with Crippen LogP contribution in [0.2, 0.25) is 18.1 Å². The molecule has 4 rings (SSSR count). The van der Waals surface area contributed by atoms with Gasteiger partial charge in [-0.25, -0.2) is 0 Å². The summed E-state index contributed by atoms with van der Waals surface area (Å²) >= 11 is 3.77. The highest BCUT2D eigenvalue weighted by atomic mass is 79.9. The minimum absolute atomic E-state index is 0.00674. The van der Waals surface area contributed by atoms with Crippen LogP contribution in [0, 0.1) is 24.2 Å². The number of benzene rings is 1. The third kappa shape index (κ3) is 10.1. The quantitative estimate of drug-likeness (QED) is 0.0686. The van der Waals surface area contributed by atoms with Crippen LogP contribution in [-0.4, -0.2) is 57.8 Å². The number of alkyl halides is 1. The first kappa shape index (κ1) is 34.5. The third-order valence-corrected chi connectivity index (χ3v) is 14.5. The van der Waals surface area contributed by atoms with Crippen molar-refractivity contribution in [3.63, 3.8) is 0 Å². The molecule has 3 fully saturated rings. The van der Waals surface area contributed by atoms with Gasteiger partial charge in [0.05, 0.1) is 30.2 Å². The van der Waals surface area contributed by atoms with Crippen molar-refractivity contribution >= 4 is 24.2 Å². The van der Waals surface area contributed by atoms with Crippen LogP contribution >= 0.6 is 15.9 Å².